The molecule has 2 aromatic heterocycles. The Morgan fingerprint density at radius 1 is 1.43 bits per heavy atom. The highest BCUT2D eigenvalue weighted by Gasteiger charge is 2.08. The number of aliphatic imine (C=N–C) groups is 1. The molecule has 2 heterocycles. The second kappa shape index (κ2) is 7.52. The number of nitrogens with zero attached hydrogens (tertiary/aromatic N) is 3. The summed E-state index contributed by atoms with van der Waals surface area (Å²) in [5.41, 5.74) is 1.26. The van der Waals surface area contributed by atoms with Gasteiger partial charge in [-0.2, -0.15) is 0 Å². The molecule has 0 unspecified atom stereocenters. The minimum atomic E-state index is 0.827. The second-order valence-corrected chi connectivity index (χ2v) is 6.70. The van der Waals surface area contributed by atoms with Gasteiger partial charge in [-0.05, 0) is 30.7 Å². The first kappa shape index (κ1) is 15.9. The lowest BCUT2D eigenvalue weighted by molar-refractivity contribution is 0.462. The lowest BCUT2D eigenvalue weighted by Crippen LogP contribution is -2.39. The van der Waals surface area contributed by atoms with Gasteiger partial charge in [0.05, 0.1) is 10.9 Å². The van der Waals surface area contributed by atoms with E-state index in [1.807, 2.05) is 20.2 Å². The SMILES string of the molecule is CN=C(NCCc1ccc(Cl)s1)N(C)Cc1cccn1C. The Bertz CT molecular complexity index is 602. The Morgan fingerprint density at radius 2 is 2.24 bits per heavy atom. The van der Waals surface area contributed by atoms with Gasteiger partial charge in [-0.25, -0.2) is 0 Å². The smallest absolute Gasteiger partial charge is 0.193 e. The van der Waals surface area contributed by atoms with Gasteiger partial charge in [0, 0.05) is 44.5 Å². The minimum Gasteiger partial charge on any atom is -0.356 e. The summed E-state index contributed by atoms with van der Waals surface area (Å²) >= 11 is 7.57. The molecule has 0 bridgehead atoms. The maximum atomic E-state index is 5.94. The van der Waals surface area contributed by atoms with Crippen LogP contribution in [0, 0.1) is 0 Å². The summed E-state index contributed by atoms with van der Waals surface area (Å²) in [4.78, 5) is 7.74. The standard InChI is InChI=1S/C15H21ClN4S/c1-17-15(18-9-8-13-6-7-14(16)21-13)20(3)11-12-5-4-10-19(12)2/h4-7,10H,8-9,11H2,1-3H3,(H,17,18). The molecule has 0 fully saturated rings. The monoisotopic (exact) mass is 324 g/mol. The third kappa shape index (κ3) is 4.51. The van der Waals surface area contributed by atoms with Crippen molar-refractivity contribution in [2.75, 3.05) is 20.6 Å². The Hall–Kier alpha value is -1.46. The Kier molecular flexibility index (Phi) is 5.70. The molecule has 0 spiro atoms. The summed E-state index contributed by atoms with van der Waals surface area (Å²) in [6, 6.07) is 8.19. The van der Waals surface area contributed by atoms with Crippen molar-refractivity contribution < 1.29 is 0 Å². The lowest BCUT2D eigenvalue weighted by Gasteiger charge is -2.22. The van der Waals surface area contributed by atoms with E-state index in [9.17, 15) is 0 Å². The first-order valence-corrected chi connectivity index (χ1v) is 8.06. The molecule has 0 aliphatic carbocycles. The van der Waals surface area contributed by atoms with Crippen molar-refractivity contribution >= 4 is 28.9 Å². The number of aromatic nitrogens is 1. The molecule has 0 saturated heterocycles. The molecule has 2 aromatic rings. The average Bonchev–Trinajstić information content (AvgIpc) is 3.04. The fraction of sp³-hybridized carbons (Fsp3) is 0.400. The van der Waals surface area contributed by atoms with Crippen LogP contribution in [-0.2, 0) is 20.0 Å². The molecule has 2 rings (SSSR count). The van der Waals surface area contributed by atoms with Crippen molar-refractivity contribution in [1.29, 1.82) is 0 Å². The van der Waals surface area contributed by atoms with Crippen molar-refractivity contribution in [3.8, 4) is 0 Å². The summed E-state index contributed by atoms with van der Waals surface area (Å²) in [5.74, 6) is 0.902. The fourth-order valence-electron chi connectivity index (χ4n) is 2.15. The quantitative estimate of drug-likeness (QED) is 0.677. The maximum Gasteiger partial charge on any atom is 0.193 e. The van der Waals surface area contributed by atoms with Gasteiger partial charge in [0.2, 0.25) is 0 Å². The van der Waals surface area contributed by atoms with Gasteiger partial charge in [0.25, 0.3) is 0 Å². The summed E-state index contributed by atoms with van der Waals surface area (Å²) in [5, 5.41) is 3.39. The number of halogens is 1. The Morgan fingerprint density at radius 3 is 2.81 bits per heavy atom. The van der Waals surface area contributed by atoms with Crippen LogP contribution < -0.4 is 5.32 Å². The highest BCUT2D eigenvalue weighted by Crippen LogP contribution is 2.21. The van der Waals surface area contributed by atoms with Gasteiger partial charge in [0.1, 0.15) is 0 Å². The van der Waals surface area contributed by atoms with E-state index in [-0.39, 0.29) is 0 Å². The molecular weight excluding hydrogens is 304 g/mol. The zero-order valence-electron chi connectivity index (χ0n) is 12.6. The van der Waals surface area contributed by atoms with Crippen LogP contribution in [0.4, 0.5) is 0 Å². The second-order valence-electron chi connectivity index (χ2n) is 4.90. The zero-order valence-corrected chi connectivity index (χ0v) is 14.2. The fourth-order valence-corrected chi connectivity index (χ4v) is 3.23. The molecule has 0 aliphatic heterocycles. The van der Waals surface area contributed by atoms with E-state index < -0.39 is 0 Å². The van der Waals surface area contributed by atoms with E-state index in [1.165, 1.54) is 10.6 Å². The molecule has 114 valence electrons. The largest absolute Gasteiger partial charge is 0.356 e. The third-order valence-corrected chi connectivity index (χ3v) is 4.60. The number of aryl methyl sites for hydroxylation is 1. The number of hydrogen-bond donors (Lipinski definition) is 1. The van der Waals surface area contributed by atoms with Gasteiger partial charge in [0.15, 0.2) is 5.96 Å². The molecule has 4 nitrogen and oxygen atoms in total. The Balaban J connectivity index is 1.83. The molecule has 0 amide bonds. The molecule has 1 N–H and O–H groups in total. The maximum absolute atomic E-state index is 5.94. The zero-order chi connectivity index (χ0) is 15.2. The van der Waals surface area contributed by atoms with Crippen molar-refractivity contribution in [3.05, 3.63) is 45.4 Å². The number of thiophene rings is 1. The van der Waals surface area contributed by atoms with Gasteiger partial charge >= 0.3 is 0 Å². The highest BCUT2D eigenvalue weighted by molar-refractivity contribution is 7.16. The van der Waals surface area contributed by atoms with E-state index >= 15 is 0 Å². The summed E-state index contributed by atoms with van der Waals surface area (Å²) < 4.78 is 2.97. The normalized spacial score (nSPS) is 11.7. The van der Waals surface area contributed by atoms with E-state index in [0.29, 0.717) is 0 Å². The molecule has 21 heavy (non-hydrogen) atoms. The third-order valence-electron chi connectivity index (χ3n) is 3.31. The molecule has 0 atom stereocenters. The van der Waals surface area contributed by atoms with E-state index in [0.717, 1.165) is 29.8 Å². The van der Waals surface area contributed by atoms with Gasteiger partial charge < -0.3 is 14.8 Å². The molecule has 6 heteroatoms. The van der Waals surface area contributed by atoms with Crippen molar-refractivity contribution in [1.82, 2.24) is 14.8 Å². The number of hydrogen-bond acceptors (Lipinski definition) is 2. The van der Waals surface area contributed by atoms with E-state index in [2.05, 4.69) is 51.2 Å². The highest BCUT2D eigenvalue weighted by atomic mass is 35.5. The van der Waals surface area contributed by atoms with Crippen LogP contribution in [0.15, 0.2) is 35.5 Å². The average molecular weight is 325 g/mol. The first-order valence-electron chi connectivity index (χ1n) is 6.86. The van der Waals surface area contributed by atoms with Gasteiger partial charge in [-0.3, -0.25) is 4.99 Å². The topological polar surface area (TPSA) is 32.6 Å². The van der Waals surface area contributed by atoms with Crippen molar-refractivity contribution in [3.63, 3.8) is 0 Å². The van der Waals surface area contributed by atoms with Crippen molar-refractivity contribution in [2.24, 2.45) is 12.0 Å². The van der Waals surface area contributed by atoms with Crippen LogP contribution in [-0.4, -0.2) is 36.1 Å². The van der Waals surface area contributed by atoms with Crippen LogP contribution in [0.25, 0.3) is 0 Å². The summed E-state index contributed by atoms with van der Waals surface area (Å²) in [6.07, 6.45) is 3.01. The predicted molar refractivity (Wildman–Crippen MR) is 91.3 cm³/mol. The first-order chi connectivity index (χ1) is 10.1. The van der Waals surface area contributed by atoms with Crippen LogP contribution in [0.1, 0.15) is 10.6 Å². The van der Waals surface area contributed by atoms with Crippen LogP contribution in [0.2, 0.25) is 4.34 Å². The molecule has 0 aromatic carbocycles. The van der Waals surface area contributed by atoms with Gasteiger partial charge in [-0.15, -0.1) is 11.3 Å². The summed E-state index contributed by atoms with van der Waals surface area (Å²) in [7, 11) is 5.91. The van der Waals surface area contributed by atoms with Crippen LogP contribution in [0.5, 0.6) is 0 Å². The summed E-state index contributed by atoms with van der Waals surface area (Å²) in [6.45, 7) is 1.68. The van der Waals surface area contributed by atoms with Crippen LogP contribution >= 0.6 is 22.9 Å². The van der Waals surface area contributed by atoms with Crippen molar-refractivity contribution in [2.45, 2.75) is 13.0 Å². The Labute approximate surface area is 135 Å². The molecular formula is C15H21ClN4S. The van der Waals surface area contributed by atoms with E-state index in [1.54, 1.807) is 11.3 Å². The molecule has 0 radical (unpaired) electrons. The molecule has 0 saturated carbocycles. The number of nitrogens with one attached hydrogen (secondary N) is 1. The minimum absolute atomic E-state index is 0.827. The number of rotatable bonds is 5. The van der Waals surface area contributed by atoms with Gasteiger partial charge in [-0.1, -0.05) is 11.6 Å². The lowest BCUT2D eigenvalue weighted by atomic mass is 10.3. The van der Waals surface area contributed by atoms with Crippen LogP contribution in [0.3, 0.4) is 0 Å². The predicted octanol–water partition coefficient (Wildman–Crippen LogP) is 2.99. The molecule has 0 aliphatic rings. The van der Waals surface area contributed by atoms with E-state index in [4.69, 9.17) is 11.6 Å². The number of guanidine groups is 1.